The van der Waals surface area contributed by atoms with Crippen molar-refractivity contribution in [2.24, 2.45) is 0 Å². The lowest BCUT2D eigenvalue weighted by atomic mass is 10.0. The zero-order valence-electron chi connectivity index (χ0n) is 7.61. The lowest BCUT2D eigenvalue weighted by Crippen LogP contribution is -2.33. The van der Waals surface area contributed by atoms with E-state index < -0.39 is 24.8 Å². The first-order valence-corrected chi connectivity index (χ1v) is 4.28. The first-order valence-electron chi connectivity index (χ1n) is 4.28. The van der Waals surface area contributed by atoms with Gasteiger partial charge in [-0.05, 0) is 18.6 Å². The second-order valence-electron chi connectivity index (χ2n) is 3.56. The van der Waals surface area contributed by atoms with Crippen LogP contribution in [0, 0.1) is 12.7 Å². The van der Waals surface area contributed by atoms with Gasteiger partial charge in [-0.1, -0.05) is 6.07 Å². The molecule has 0 fully saturated rings. The Morgan fingerprint density at radius 3 is 2.79 bits per heavy atom. The maximum absolute atomic E-state index is 13.2. The lowest BCUT2D eigenvalue weighted by Gasteiger charge is -2.25. The summed E-state index contributed by atoms with van der Waals surface area (Å²) in [4.78, 5) is 0. The Morgan fingerprint density at radius 1 is 1.36 bits per heavy atom. The van der Waals surface area contributed by atoms with Gasteiger partial charge in [0.1, 0.15) is 0 Å². The molecule has 1 aliphatic heterocycles. The smallest absolute Gasteiger partial charge is 0.285 e. The van der Waals surface area contributed by atoms with Crippen LogP contribution in [0.3, 0.4) is 0 Å². The van der Waals surface area contributed by atoms with Crippen molar-refractivity contribution in [1.82, 2.24) is 0 Å². The van der Waals surface area contributed by atoms with Crippen LogP contribution in [0.5, 0.6) is 5.75 Å². The molecular weight excluding hydrogens is 193 g/mol. The predicted octanol–water partition coefficient (Wildman–Crippen LogP) is 2.70. The molecule has 0 atom stereocenters. The Balaban J connectivity index is 2.47. The number of hydrogen-bond donors (Lipinski definition) is 0. The number of hydrogen-bond acceptors (Lipinski definition) is 1. The molecule has 1 aliphatic rings. The Labute approximate surface area is 79.5 Å². The fraction of sp³-hybridized carbons (Fsp3) is 0.400. The van der Waals surface area contributed by atoms with Gasteiger partial charge in [0, 0.05) is 12.0 Å². The molecule has 0 N–H and O–H groups in total. The molecule has 0 amide bonds. The fourth-order valence-corrected chi connectivity index (χ4v) is 1.60. The molecule has 2 rings (SSSR count). The molecule has 0 aromatic heterocycles. The summed E-state index contributed by atoms with van der Waals surface area (Å²) in [7, 11) is 0. The van der Waals surface area contributed by atoms with Crippen LogP contribution >= 0.6 is 0 Å². The molecule has 1 aromatic rings. The Hall–Kier alpha value is -1.19. The van der Waals surface area contributed by atoms with Gasteiger partial charge in [-0.2, -0.15) is 0 Å². The van der Waals surface area contributed by atoms with Crippen molar-refractivity contribution in [3.8, 4) is 5.75 Å². The Morgan fingerprint density at radius 2 is 2.07 bits per heavy atom. The normalized spacial score (nSPS) is 18.6. The standard InChI is InChI=1S/C10H9F3O/c1-6-2-7-4-10(12,13)5-14-9(7)8(11)3-6/h2-3H,4-5H2,1H3. The second kappa shape index (κ2) is 2.90. The van der Waals surface area contributed by atoms with E-state index in [0.717, 1.165) is 0 Å². The van der Waals surface area contributed by atoms with Crippen molar-refractivity contribution in [2.75, 3.05) is 6.61 Å². The van der Waals surface area contributed by atoms with Gasteiger partial charge in [0.15, 0.2) is 18.2 Å². The van der Waals surface area contributed by atoms with E-state index in [9.17, 15) is 13.2 Å². The van der Waals surface area contributed by atoms with Crippen LogP contribution in [0.2, 0.25) is 0 Å². The van der Waals surface area contributed by atoms with Crippen molar-refractivity contribution in [1.29, 1.82) is 0 Å². The summed E-state index contributed by atoms with van der Waals surface area (Å²) in [5.74, 6) is -3.47. The highest BCUT2D eigenvalue weighted by Gasteiger charge is 2.36. The molecular formula is C10H9F3O. The highest BCUT2D eigenvalue weighted by atomic mass is 19.3. The minimum atomic E-state index is -2.88. The molecule has 0 saturated carbocycles. The highest BCUT2D eigenvalue weighted by Crippen LogP contribution is 2.35. The van der Waals surface area contributed by atoms with Crippen molar-refractivity contribution < 1.29 is 17.9 Å². The third-order valence-corrected chi connectivity index (χ3v) is 2.14. The maximum Gasteiger partial charge on any atom is 0.285 e. The summed E-state index contributed by atoms with van der Waals surface area (Å²) >= 11 is 0. The van der Waals surface area contributed by atoms with Crippen molar-refractivity contribution in [3.05, 3.63) is 29.1 Å². The molecule has 1 heterocycles. The SMILES string of the molecule is Cc1cc(F)c2c(c1)CC(F)(F)CO2. The summed E-state index contributed by atoms with van der Waals surface area (Å²) in [5.41, 5.74) is 0.876. The second-order valence-corrected chi connectivity index (χ2v) is 3.56. The topological polar surface area (TPSA) is 9.23 Å². The molecule has 0 unspecified atom stereocenters. The number of halogens is 3. The van der Waals surface area contributed by atoms with Crippen molar-refractivity contribution in [3.63, 3.8) is 0 Å². The summed E-state index contributed by atoms with van der Waals surface area (Å²) < 4.78 is 43.7. The first kappa shape index (κ1) is 9.37. The van der Waals surface area contributed by atoms with Crippen molar-refractivity contribution >= 4 is 0 Å². The van der Waals surface area contributed by atoms with Gasteiger partial charge in [0.2, 0.25) is 0 Å². The zero-order chi connectivity index (χ0) is 10.3. The third-order valence-electron chi connectivity index (χ3n) is 2.14. The maximum atomic E-state index is 13.2. The van der Waals surface area contributed by atoms with Crippen LogP contribution in [0.4, 0.5) is 13.2 Å². The minimum absolute atomic E-state index is 0.0264. The number of fused-ring (bicyclic) bond motifs is 1. The van der Waals surface area contributed by atoms with Gasteiger partial charge >= 0.3 is 0 Å². The summed E-state index contributed by atoms with van der Waals surface area (Å²) in [6.07, 6.45) is -0.444. The molecule has 0 spiro atoms. The van der Waals surface area contributed by atoms with E-state index in [1.807, 2.05) is 0 Å². The summed E-state index contributed by atoms with van der Waals surface area (Å²) in [6, 6.07) is 2.81. The molecule has 1 nitrogen and oxygen atoms in total. The number of alkyl halides is 2. The monoisotopic (exact) mass is 202 g/mol. The summed E-state index contributed by atoms with van der Waals surface area (Å²) in [6.45, 7) is 0.927. The summed E-state index contributed by atoms with van der Waals surface area (Å²) in [5, 5.41) is 0. The van der Waals surface area contributed by atoms with E-state index in [4.69, 9.17) is 4.74 Å². The van der Waals surface area contributed by atoms with E-state index in [-0.39, 0.29) is 11.3 Å². The third kappa shape index (κ3) is 1.56. The number of rotatable bonds is 0. The number of ether oxygens (including phenoxy) is 1. The molecule has 4 heteroatoms. The van der Waals surface area contributed by atoms with Crippen LogP contribution in [-0.2, 0) is 6.42 Å². The largest absolute Gasteiger partial charge is 0.484 e. The molecule has 0 aliphatic carbocycles. The fourth-order valence-electron chi connectivity index (χ4n) is 1.60. The van der Waals surface area contributed by atoms with Crippen LogP contribution < -0.4 is 4.74 Å². The molecule has 0 bridgehead atoms. The molecule has 0 saturated heterocycles. The average Bonchev–Trinajstić information content (AvgIpc) is 2.00. The minimum Gasteiger partial charge on any atom is -0.484 e. The lowest BCUT2D eigenvalue weighted by molar-refractivity contribution is -0.0527. The van der Waals surface area contributed by atoms with Crippen LogP contribution in [0.15, 0.2) is 12.1 Å². The van der Waals surface area contributed by atoms with Gasteiger partial charge in [0.05, 0.1) is 0 Å². The molecule has 0 radical (unpaired) electrons. The quantitative estimate of drug-likeness (QED) is 0.628. The van der Waals surface area contributed by atoms with Crippen LogP contribution in [-0.4, -0.2) is 12.5 Å². The van der Waals surface area contributed by atoms with Gasteiger partial charge in [-0.15, -0.1) is 0 Å². The molecule has 14 heavy (non-hydrogen) atoms. The predicted molar refractivity (Wildman–Crippen MR) is 45.3 cm³/mol. The van der Waals surface area contributed by atoms with Crippen molar-refractivity contribution in [2.45, 2.75) is 19.3 Å². The van der Waals surface area contributed by atoms with E-state index in [0.29, 0.717) is 5.56 Å². The van der Waals surface area contributed by atoms with Gasteiger partial charge in [-0.25, -0.2) is 13.2 Å². The van der Waals surface area contributed by atoms with E-state index in [1.54, 1.807) is 6.92 Å². The van der Waals surface area contributed by atoms with Gasteiger partial charge in [-0.3, -0.25) is 0 Å². The van der Waals surface area contributed by atoms with E-state index in [2.05, 4.69) is 0 Å². The molecule has 1 aromatic carbocycles. The highest BCUT2D eigenvalue weighted by molar-refractivity contribution is 5.40. The van der Waals surface area contributed by atoms with Crippen LogP contribution in [0.25, 0.3) is 0 Å². The van der Waals surface area contributed by atoms with Gasteiger partial charge < -0.3 is 4.74 Å². The first-order chi connectivity index (χ1) is 6.48. The van der Waals surface area contributed by atoms with E-state index >= 15 is 0 Å². The Bertz CT molecular complexity index is 374. The average molecular weight is 202 g/mol. The Kier molecular flexibility index (Phi) is 1.94. The number of benzene rings is 1. The number of aryl methyl sites for hydroxylation is 1. The van der Waals surface area contributed by atoms with Crippen LogP contribution in [0.1, 0.15) is 11.1 Å². The molecule has 76 valence electrons. The zero-order valence-corrected chi connectivity index (χ0v) is 7.61. The van der Waals surface area contributed by atoms with E-state index in [1.165, 1.54) is 12.1 Å². The van der Waals surface area contributed by atoms with Gasteiger partial charge in [0.25, 0.3) is 5.92 Å².